The third kappa shape index (κ3) is 3.11. The maximum Gasteiger partial charge on any atom is 0.257 e. The highest BCUT2D eigenvalue weighted by Crippen LogP contribution is 2.31. The van der Waals surface area contributed by atoms with Gasteiger partial charge in [0.25, 0.3) is 5.91 Å². The van der Waals surface area contributed by atoms with Crippen molar-refractivity contribution in [1.29, 1.82) is 0 Å². The van der Waals surface area contributed by atoms with Crippen LogP contribution in [-0.4, -0.2) is 37.9 Å². The standard InChI is InChI=1S/C18H16ClN7O/c1-20-13-9-11(8-12(19)21-13)18(27)22-16-14-15(10-6-4-3-5-7-10)25-26(2)17(14)24-23-16/h3-9H,1-2H3,(H,20,21)(H2,22,23,24,27). The molecule has 27 heavy (non-hydrogen) atoms. The number of H-pyrrole nitrogens is 1. The zero-order chi connectivity index (χ0) is 19.0. The Kier molecular flexibility index (Phi) is 4.25. The van der Waals surface area contributed by atoms with Crippen LogP contribution in [0.2, 0.25) is 5.15 Å². The van der Waals surface area contributed by atoms with Crippen molar-refractivity contribution in [1.82, 2.24) is 25.0 Å². The number of pyridine rings is 1. The molecule has 0 unspecified atom stereocenters. The first kappa shape index (κ1) is 17.0. The Balaban J connectivity index is 1.75. The number of amides is 1. The fourth-order valence-corrected chi connectivity index (χ4v) is 3.08. The predicted molar refractivity (Wildman–Crippen MR) is 105 cm³/mol. The first-order valence-corrected chi connectivity index (χ1v) is 8.58. The lowest BCUT2D eigenvalue weighted by molar-refractivity contribution is 0.102. The molecule has 0 radical (unpaired) electrons. The molecule has 0 aliphatic heterocycles. The minimum Gasteiger partial charge on any atom is -0.373 e. The second-order valence-corrected chi connectivity index (χ2v) is 6.29. The van der Waals surface area contributed by atoms with Crippen molar-refractivity contribution in [3.8, 4) is 11.3 Å². The Morgan fingerprint density at radius 1 is 1.22 bits per heavy atom. The lowest BCUT2D eigenvalue weighted by Crippen LogP contribution is -2.13. The van der Waals surface area contributed by atoms with Gasteiger partial charge >= 0.3 is 0 Å². The normalized spacial score (nSPS) is 10.9. The van der Waals surface area contributed by atoms with E-state index in [9.17, 15) is 4.79 Å². The zero-order valence-corrected chi connectivity index (χ0v) is 15.4. The van der Waals surface area contributed by atoms with Gasteiger partial charge in [0.05, 0.1) is 5.39 Å². The second-order valence-electron chi connectivity index (χ2n) is 5.90. The number of benzene rings is 1. The van der Waals surface area contributed by atoms with Gasteiger partial charge in [-0.15, -0.1) is 0 Å². The molecule has 4 aromatic rings. The van der Waals surface area contributed by atoms with E-state index in [0.717, 1.165) is 16.6 Å². The molecule has 0 aliphatic rings. The number of aryl methyl sites for hydroxylation is 1. The summed E-state index contributed by atoms with van der Waals surface area (Å²) >= 11 is 5.99. The monoisotopic (exact) mass is 381 g/mol. The largest absolute Gasteiger partial charge is 0.373 e. The van der Waals surface area contributed by atoms with Gasteiger partial charge < -0.3 is 10.6 Å². The topological polar surface area (TPSA) is 101 Å². The highest BCUT2D eigenvalue weighted by Gasteiger charge is 2.20. The highest BCUT2D eigenvalue weighted by atomic mass is 35.5. The molecule has 3 N–H and O–H groups in total. The third-order valence-corrected chi connectivity index (χ3v) is 4.33. The van der Waals surface area contributed by atoms with E-state index in [1.165, 1.54) is 6.07 Å². The van der Waals surface area contributed by atoms with Gasteiger partial charge in [0.15, 0.2) is 5.65 Å². The summed E-state index contributed by atoms with van der Waals surface area (Å²) in [5.74, 6) is 0.652. The maximum atomic E-state index is 12.7. The van der Waals surface area contributed by atoms with Gasteiger partial charge in [-0.1, -0.05) is 41.9 Å². The molecular weight excluding hydrogens is 366 g/mol. The number of carbonyl (C=O) groups is 1. The van der Waals surface area contributed by atoms with E-state index in [-0.39, 0.29) is 11.1 Å². The van der Waals surface area contributed by atoms with Crippen molar-refractivity contribution in [2.45, 2.75) is 0 Å². The van der Waals surface area contributed by atoms with Crippen molar-refractivity contribution in [2.75, 3.05) is 17.7 Å². The van der Waals surface area contributed by atoms with Gasteiger partial charge in [0, 0.05) is 25.2 Å². The number of anilines is 2. The number of hydrogen-bond donors (Lipinski definition) is 3. The highest BCUT2D eigenvalue weighted by molar-refractivity contribution is 6.30. The molecule has 0 saturated heterocycles. The average molecular weight is 382 g/mol. The number of aromatic nitrogens is 5. The minimum absolute atomic E-state index is 0.230. The van der Waals surface area contributed by atoms with Crippen molar-refractivity contribution in [3.05, 3.63) is 53.2 Å². The van der Waals surface area contributed by atoms with Gasteiger partial charge in [-0.2, -0.15) is 10.2 Å². The van der Waals surface area contributed by atoms with Crippen LogP contribution in [0.5, 0.6) is 0 Å². The van der Waals surface area contributed by atoms with Crippen LogP contribution in [0.3, 0.4) is 0 Å². The molecule has 0 spiro atoms. The summed E-state index contributed by atoms with van der Waals surface area (Å²) in [5.41, 5.74) is 2.70. The third-order valence-electron chi connectivity index (χ3n) is 4.14. The SMILES string of the molecule is CNc1cc(C(=O)Nc2[nH]nc3c2c(-c2ccccc2)nn3C)cc(Cl)n1. The minimum atomic E-state index is -0.329. The fraction of sp³-hybridized carbons (Fsp3) is 0.111. The van der Waals surface area contributed by atoms with Crippen LogP contribution in [0.1, 0.15) is 10.4 Å². The number of fused-ring (bicyclic) bond motifs is 1. The number of hydrogen-bond acceptors (Lipinski definition) is 5. The van der Waals surface area contributed by atoms with Gasteiger partial charge in [-0.05, 0) is 12.1 Å². The summed E-state index contributed by atoms with van der Waals surface area (Å²) in [6.07, 6.45) is 0. The molecule has 0 fully saturated rings. The Labute approximate surface area is 159 Å². The lowest BCUT2D eigenvalue weighted by Gasteiger charge is -2.06. The van der Waals surface area contributed by atoms with E-state index in [1.54, 1.807) is 17.8 Å². The number of nitrogens with one attached hydrogen (secondary N) is 3. The van der Waals surface area contributed by atoms with Crippen LogP contribution in [0.4, 0.5) is 11.6 Å². The Hall–Kier alpha value is -3.39. The van der Waals surface area contributed by atoms with Crippen molar-refractivity contribution in [2.24, 2.45) is 7.05 Å². The summed E-state index contributed by atoms with van der Waals surface area (Å²) in [7, 11) is 3.52. The van der Waals surface area contributed by atoms with E-state index in [0.29, 0.717) is 22.8 Å². The molecule has 0 atom stereocenters. The van der Waals surface area contributed by atoms with Crippen LogP contribution in [0.25, 0.3) is 22.3 Å². The predicted octanol–water partition coefficient (Wildman–Crippen LogP) is 3.31. The molecule has 1 amide bonds. The lowest BCUT2D eigenvalue weighted by atomic mass is 10.1. The van der Waals surface area contributed by atoms with Crippen molar-refractivity contribution in [3.63, 3.8) is 0 Å². The van der Waals surface area contributed by atoms with Crippen molar-refractivity contribution < 1.29 is 4.79 Å². The number of aromatic amines is 1. The van der Waals surface area contributed by atoms with Crippen LogP contribution in [0, 0.1) is 0 Å². The second kappa shape index (κ2) is 6.73. The molecule has 0 bridgehead atoms. The van der Waals surface area contributed by atoms with Crippen LogP contribution >= 0.6 is 11.6 Å². The van der Waals surface area contributed by atoms with E-state index < -0.39 is 0 Å². The summed E-state index contributed by atoms with van der Waals surface area (Å²) in [6, 6.07) is 12.9. The van der Waals surface area contributed by atoms with Gasteiger partial charge in [-0.3, -0.25) is 9.89 Å². The molecular formula is C18H16ClN7O. The molecule has 0 aliphatic carbocycles. The smallest absolute Gasteiger partial charge is 0.257 e. The Morgan fingerprint density at radius 3 is 2.74 bits per heavy atom. The zero-order valence-electron chi connectivity index (χ0n) is 14.6. The Bertz CT molecular complexity index is 1130. The summed E-state index contributed by atoms with van der Waals surface area (Å²) in [6.45, 7) is 0. The van der Waals surface area contributed by atoms with Gasteiger partial charge in [0.1, 0.15) is 22.5 Å². The molecule has 9 heteroatoms. The Morgan fingerprint density at radius 2 is 2.00 bits per heavy atom. The molecule has 3 heterocycles. The van der Waals surface area contributed by atoms with Crippen LogP contribution in [-0.2, 0) is 7.05 Å². The van der Waals surface area contributed by atoms with Crippen LogP contribution in [0.15, 0.2) is 42.5 Å². The maximum absolute atomic E-state index is 12.7. The molecule has 8 nitrogen and oxygen atoms in total. The number of carbonyl (C=O) groups excluding carboxylic acids is 1. The molecule has 0 saturated carbocycles. The van der Waals surface area contributed by atoms with E-state index in [1.807, 2.05) is 37.4 Å². The first-order valence-electron chi connectivity index (χ1n) is 8.20. The van der Waals surface area contributed by atoms with E-state index in [2.05, 4.69) is 30.9 Å². The van der Waals surface area contributed by atoms with Crippen molar-refractivity contribution >= 4 is 40.2 Å². The first-order chi connectivity index (χ1) is 13.1. The number of rotatable bonds is 4. The summed E-state index contributed by atoms with van der Waals surface area (Å²) in [4.78, 5) is 16.8. The molecule has 3 aromatic heterocycles. The number of halogens is 1. The van der Waals surface area contributed by atoms with Gasteiger partial charge in [0.2, 0.25) is 0 Å². The average Bonchev–Trinajstić information content (AvgIpc) is 3.23. The molecule has 4 rings (SSSR count). The number of nitrogens with zero attached hydrogens (tertiary/aromatic N) is 4. The van der Waals surface area contributed by atoms with E-state index in [4.69, 9.17) is 11.6 Å². The van der Waals surface area contributed by atoms with Gasteiger partial charge in [-0.25, -0.2) is 9.67 Å². The van der Waals surface area contributed by atoms with Crippen LogP contribution < -0.4 is 10.6 Å². The summed E-state index contributed by atoms with van der Waals surface area (Å²) < 4.78 is 1.67. The van der Waals surface area contributed by atoms with E-state index >= 15 is 0 Å². The molecule has 1 aromatic carbocycles. The fourth-order valence-electron chi connectivity index (χ4n) is 2.87. The molecule has 136 valence electrons. The summed E-state index contributed by atoms with van der Waals surface area (Å²) in [5, 5.41) is 18.4. The quantitative estimate of drug-likeness (QED) is 0.471.